The summed E-state index contributed by atoms with van der Waals surface area (Å²) in [5, 5.41) is 1.24. The van der Waals surface area contributed by atoms with Crippen molar-refractivity contribution in [3.63, 3.8) is 0 Å². The van der Waals surface area contributed by atoms with Crippen molar-refractivity contribution in [3.05, 3.63) is 78.0 Å². The van der Waals surface area contributed by atoms with Crippen LogP contribution >= 0.6 is 7.81 Å². The number of piperidine rings is 3. The van der Waals surface area contributed by atoms with E-state index in [1.54, 1.807) is 4.90 Å². The third-order valence-corrected chi connectivity index (χ3v) is 7.26. The van der Waals surface area contributed by atoms with Gasteiger partial charge in [0.1, 0.15) is 12.1 Å². The SMILES string of the molecule is CC[C@H]1C[NH+]2CC[C@H]1C[C@@H]2[C@@H](OCc1ccccc1)c1ccnc2ccccc12.F[P-](F)(F)(F)(F)F. The number of nitrogens with zero attached hydrogens (tertiary/aromatic N) is 1. The summed E-state index contributed by atoms with van der Waals surface area (Å²) in [6.45, 7) is 5.62. The molecule has 10 heteroatoms. The van der Waals surface area contributed by atoms with Crippen molar-refractivity contribution in [2.45, 2.75) is 44.9 Å². The maximum absolute atomic E-state index is 10.7. The number of aromatic nitrogens is 1. The molecule has 1 aromatic heterocycles. The van der Waals surface area contributed by atoms with E-state index in [2.05, 4.69) is 72.6 Å². The number of rotatable bonds is 6. The number of quaternary nitrogens is 1. The van der Waals surface area contributed by atoms with Gasteiger partial charge in [0.25, 0.3) is 0 Å². The molecule has 5 atom stereocenters. The average Bonchev–Trinajstić information content (AvgIpc) is 2.83. The molecule has 36 heavy (non-hydrogen) atoms. The molecule has 6 rings (SSSR count). The number of nitrogens with one attached hydrogen (secondary N) is 1. The fourth-order valence-electron chi connectivity index (χ4n) is 5.72. The number of halogens is 6. The van der Waals surface area contributed by atoms with Crippen LogP contribution in [0.2, 0.25) is 0 Å². The number of hydrogen-bond acceptors (Lipinski definition) is 2. The van der Waals surface area contributed by atoms with Gasteiger partial charge in [0.2, 0.25) is 0 Å². The van der Waals surface area contributed by atoms with Crippen LogP contribution in [0.4, 0.5) is 25.2 Å². The zero-order valence-corrected chi connectivity index (χ0v) is 20.9. The first kappa shape index (κ1) is 26.8. The first-order valence-corrected chi connectivity index (χ1v) is 14.2. The molecule has 3 aliphatic heterocycles. The zero-order chi connectivity index (χ0) is 26.0. The Bertz CT molecular complexity index is 1160. The standard InChI is InChI=1S/C26H30N2O.F6P/c1-2-20-17-28-15-13-21(20)16-25(28)26(29-18-19-8-4-3-5-9-19)23-12-14-27-24-11-7-6-10-22(23)24;1-7(2,3,4,5)6/h3-12,14,20-21,25-26H,2,13,15-18H2,1H3;/q;-1/p+1/t20-,21-,25+,26-;/m0./s1. The second kappa shape index (κ2) is 9.58. The third kappa shape index (κ3) is 7.64. The number of ether oxygens (including phenoxy) is 1. The molecule has 0 amide bonds. The molecule has 3 nitrogen and oxygen atoms in total. The van der Waals surface area contributed by atoms with Crippen LogP contribution in [0.25, 0.3) is 10.9 Å². The summed E-state index contributed by atoms with van der Waals surface area (Å²) in [7, 11) is -10.7. The summed E-state index contributed by atoms with van der Waals surface area (Å²) in [6.07, 6.45) is 6.04. The van der Waals surface area contributed by atoms with Crippen LogP contribution in [0.5, 0.6) is 0 Å². The van der Waals surface area contributed by atoms with E-state index in [4.69, 9.17) is 4.74 Å². The monoisotopic (exact) mass is 532 g/mol. The van der Waals surface area contributed by atoms with Crippen molar-refractivity contribution in [1.29, 1.82) is 0 Å². The van der Waals surface area contributed by atoms with Gasteiger partial charge in [0.15, 0.2) is 0 Å². The van der Waals surface area contributed by atoms with E-state index in [1.165, 1.54) is 48.9 Å². The maximum atomic E-state index is 9.87. The summed E-state index contributed by atoms with van der Waals surface area (Å²) in [5.74, 6) is 1.75. The molecule has 0 aliphatic carbocycles. The Kier molecular flexibility index (Phi) is 7.14. The molecule has 1 unspecified atom stereocenters. The second-order valence-corrected chi connectivity index (χ2v) is 11.7. The number of hydrogen-bond donors (Lipinski definition) is 1. The molecule has 0 saturated carbocycles. The van der Waals surface area contributed by atoms with Gasteiger partial charge >= 0.3 is 33.0 Å². The quantitative estimate of drug-likeness (QED) is 0.262. The van der Waals surface area contributed by atoms with E-state index >= 15 is 0 Å². The van der Waals surface area contributed by atoms with Crippen LogP contribution in [0.1, 0.15) is 43.4 Å². The van der Waals surface area contributed by atoms with E-state index in [0.717, 1.165) is 17.4 Å². The molecule has 0 radical (unpaired) electrons. The van der Waals surface area contributed by atoms with E-state index in [1.807, 2.05) is 6.20 Å². The molecular formula is C26H31F6N2OP. The molecule has 0 spiro atoms. The topological polar surface area (TPSA) is 26.6 Å². The van der Waals surface area contributed by atoms with Gasteiger partial charge < -0.3 is 9.64 Å². The number of pyridine rings is 1. The van der Waals surface area contributed by atoms with Gasteiger partial charge in [0, 0.05) is 30.3 Å². The van der Waals surface area contributed by atoms with Crippen LogP contribution in [-0.2, 0) is 11.3 Å². The normalized spacial score (nSPS) is 26.4. The molecule has 4 heterocycles. The molecule has 2 aromatic carbocycles. The van der Waals surface area contributed by atoms with Gasteiger partial charge in [-0.2, -0.15) is 0 Å². The van der Waals surface area contributed by atoms with Crippen molar-refractivity contribution < 1.29 is 34.8 Å². The van der Waals surface area contributed by atoms with Crippen LogP contribution in [0.3, 0.4) is 0 Å². The molecule has 2 bridgehead atoms. The van der Waals surface area contributed by atoms with E-state index < -0.39 is 7.81 Å². The van der Waals surface area contributed by atoms with Crippen LogP contribution in [0.15, 0.2) is 66.9 Å². The van der Waals surface area contributed by atoms with Crippen LogP contribution < -0.4 is 4.90 Å². The Labute approximate surface area is 206 Å². The van der Waals surface area contributed by atoms with Gasteiger partial charge in [-0.05, 0) is 35.6 Å². The molecule has 3 saturated heterocycles. The van der Waals surface area contributed by atoms with Crippen LogP contribution in [-0.4, -0.2) is 24.1 Å². The molecule has 3 fully saturated rings. The molecule has 3 aromatic rings. The van der Waals surface area contributed by atoms with E-state index in [9.17, 15) is 25.2 Å². The Hall–Kier alpha value is -2.22. The molecule has 198 valence electrons. The van der Waals surface area contributed by atoms with Gasteiger partial charge in [-0.3, -0.25) is 4.98 Å². The number of fused-ring (bicyclic) bond motifs is 4. The van der Waals surface area contributed by atoms with Crippen molar-refractivity contribution >= 4 is 18.7 Å². The van der Waals surface area contributed by atoms with Gasteiger partial charge in [0.05, 0.1) is 25.2 Å². The predicted octanol–water partition coefficient (Wildman–Crippen LogP) is 7.58. The van der Waals surface area contributed by atoms with Gasteiger partial charge in [-0.25, -0.2) is 0 Å². The van der Waals surface area contributed by atoms with Crippen molar-refractivity contribution in [2.24, 2.45) is 11.8 Å². The Morgan fingerprint density at radius 1 is 0.972 bits per heavy atom. The van der Waals surface area contributed by atoms with Gasteiger partial charge in [-0.1, -0.05) is 55.5 Å². The second-order valence-electron chi connectivity index (χ2n) is 9.76. The molecule has 3 aliphatic rings. The Morgan fingerprint density at radius 3 is 2.28 bits per heavy atom. The number of para-hydroxylation sites is 1. The molecular weight excluding hydrogens is 501 g/mol. The van der Waals surface area contributed by atoms with Crippen LogP contribution in [0, 0.1) is 11.8 Å². The van der Waals surface area contributed by atoms with Gasteiger partial charge in [-0.15, -0.1) is 0 Å². The first-order valence-electron chi connectivity index (χ1n) is 12.2. The van der Waals surface area contributed by atoms with Crippen molar-refractivity contribution in [3.8, 4) is 0 Å². The minimum absolute atomic E-state index is 0.110. The fourth-order valence-corrected chi connectivity index (χ4v) is 5.72. The van der Waals surface area contributed by atoms with E-state index in [0.29, 0.717) is 12.6 Å². The molecule has 1 N–H and O–H groups in total. The summed E-state index contributed by atoms with van der Waals surface area (Å²) in [6, 6.07) is 21.8. The summed E-state index contributed by atoms with van der Waals surface area (Å²) in [5.41, 5.74) is 3.62. The average molecular weight is 533 g/mol. The van der Waals surface area contributed by atoms with Crippen molar-refractivity contribution in [1.82, 2.24) is 4.98 Å². The Morgan fingerprint density at radius 2 is 1.64 bits per heavy atom. The first-order chi connectivity index (χ1) is 16.8. The third-order valence-electron chi connectivity index (χ3n) is 7.26. The summed E-state index contributed by atoms with van der Waals surface area (Å²) in [4.78, 5) is 6.35. The summed E-state index contributed by atoms with van der Waals surface area (Å²) < 4.78 is 65.9. The minimum atomic E-state index is -10.7. The fraction of sp³-hybridized carbons (Fsp3) is 0.423. The zero-order valence-electron chi connectivity index (χ0n) is 20.0. The Balaban J connectivity index is 0.000000384. The summed E-state index contributed by atoms with van der Waals surface area (Å²) >= 11 is 0. The van der Waals surface area contributed by atoms with E-state index in [-0.39, 0.29) is 6.10 Å². The number of benzene rings is 2. The van der Waals surface area contributed by atoms with Crippen molar-refractivity contribution in [2.75, 3.05) is 13.1 Å². The predicted molar refractivity (Wildman–Crippen MR) is 130 cm³/mol.